The number of imide groups is 1. The molecule has 2 heterocycles. The Balaban J connectivity index is 1.76. The third-order valence-corrected chi connectivity index (χ3v) is 5.04. The first-order valence-corrected chi connectivity index (χ1v) is 8.67. The zero-order chi connectivity index (χ0) is 18.4. The Labute approximate surface area is 156 Å². The zero-order valence-electron chi connectivity index (χ0n) is 14.3. The van der Waals surface area contributed by atoms with E-state index in [2.05, 4.69) is 5.32 Å². The van der Waals surface area contributed by atoms with E-state index in [1.54, 1.807) is 17.2 Å². The van der Waals surface area contributed by atoms with E-state index in [1.165, 1.54) is 0 Å². The van der Waals surface area contributed by atoms with Crippen molar-refractivity contribution in [3.05, 3.63) is 59.1 Å². The lowest BCUT2D eigenvalue weighted by Crippen LogP contribution is -2.33. The van der Waals surface area contributed by atoms with Crippen LogP contribution < -0.4 is 15.3 Å². The topological polar surface area (TPSA) is 61.9 Å². The van der Waals surface area contributed by atoms with Crippen molar-refractivity contribution in [2.75, 3.05) is 24.1 Å². The molecular weight excluding hydrogens is 354 g/mol. The van der Waals surface area contributed by atoms with Gasteiger partial charge in [0.15, 0.2) is 6.10 Å². The molecule has 26 heavy (non-hydrogen) atoms. The van der Waals surface area contributed by atoms with E-state index < -0.39 is 24.0 Å². The van der Waals surface area contributed by atoms with Crippen molar-refractivity contribution < 1.29 is 14.4 Å². The molecule has 2 amide bonds. The molecule has 0 spiro atoms. The number of rotatable bonds is 3. The van der Waals surface area contributed by atoms with Crippen molar-refractivity contribution in [3.63, 3.8) is 0 Å². The molecule has 2 aromatic rings. The number of nitrogens with one attached hydrogen (secondary N) is 1. The van der Waals surface area contributed by atoms with Gasteiger partial charge < -0.3 is 4.90 Å². The number of carbonyl (C=O) groups excluding carboxylic acids is 2. The first kappa shape index (κ1) is 16.9. The summed E-state index contributed by atoms with van der Waals surface area (Å²) in [5, 5.41) is 4.62. The molecule has 4 rings (SSSR count). The molecule has 2 fully saturated rings. The van der Waals surface area contributed by atoms with E-state index in [1.807, 2.05) is 55.4 Å². The molecule has 0 bridgehead atoms. The molecular formula is C19H18ClN3O3. The standard InChI is InChI=1S/C19H18ClN3O3/c1-22(2)13-7-3-11(4-8-13)16-15-17(19(25)21-18(15)24)26-23(16)14-9-5-12(20)6-10-14/h3-10,15-17H,1-2H3,(H,21,24,25)/t15-,16-,17-/m1/s1. The molecule has 0 aromatic heterocycles. The summed E-state index contributed by atoms with van der Waals surface area (Å²) in [6, 6.07) is 14.6. The second kappa shape index (κ2) is 6.30. The first-order chi connectivity index (χ1) is 12.5. The third-order valence-electron chi connectivity index (χ3n) is 4.79. The van der Waals surface area contributed by atoms with Crippen LogP contribution in [0.15, 0.2) is 48.5 Å². The van der Waals surface area contributed by atoms with Crippen LogP contribution in [0.2, 0.25) is 5.02 Å². The van der Waals surface area contributed by atoms with E-state index in [0.717, 1.165) is 16.9 Å². The van der Waals surface area contributed by atoms with E-state index in [9.17, 15) is 9.59 Å². The van der Waals surface area contributed by atoms with Gasteiger partial charge in [-0.05, 0) is 42.0 Å². The molecule has 0 unspecified atom stereocenters. The smallest absolute Gasteiger partial charge is 0.259 e. The molecule has 2 aromatic carbocycles. The van der Waals surface area contributed by atoms with Crippen LogP contribution in [0.5, 0.6) is 0 Å². The highest BCUT2D eigenvalue weighted by Gasteiger charge is 2.56. The molecule has 0 aliphatic carbocycles. The Kier molecular flexibility index (Phi) is 4.09. The number of halogens is 1. The van der Waals surface area contributed by atoms with Crippen LogP contribution in [0.25, 0.3) is 0 Å². The minimum Gasteiger partial charge on any atom is -0.378 e. The maximum absolute atomic E-state index is 12.4. The summed E-state index contributed by atoms with van der Waals surface area (Å²) in [6.07, 6.45) is -0.822. The molecule has 0 saturated carbocycles. The van der Waals surface area contributed by atoms with Crippen molar-refractivity contribution in [2.45, 2.75) is 12.1 Å². The number of hydrogen-bond donors (Lipinski definition) is 1. The van der Waals surface area contributed by atoms with Gasteiger partial charge in [0.2, 0.25) is 5.91 Å². The van der Waals surface area contributed by atoms with Crippen molar-refractivity contribution in [3.8, 4) is 0 Å². The van der Waals surface area contributed by atoms with Crippen LogP contribution in [0, 0.1) is 5.92 Å². The molecule has 2 aliphatic rings. The number of hydroxylamine groups is 1. The highest BCUT2D eigenvalue weighted by atomic mass is 35.5. The van der Waals surface area contributed by atoms with Crippen LogP contribution in [-0.2, 0) is 14.4 Å². The molecule has 3 atom stereocenters. The van der Waals surface area contributed by atoms with Gasteiger partial charge in [-0.2, -0.15) is 0 Å². The number of nitrogens with zero attached hydrogens (tertiary/aromatic N) is 2. The largest absolute Gasteiger partial charge is 0.378 e. The normalized spacial score (nSPS) is 24.6. The molecule has 2 aliphatic heterocycles. The van der Waals surface area contributed by atoms with Gasteiger partial charge in [-0.3, -0.25) is 19.7 Å². The summed E-state index contributed by atoms with van der Waals surface area (Å²) >= 11 is 5.98. The van der Waals surface area contributed by atoms with Gasteiger partial charge in [-0.1, -0.05) is 23.7 Å². The van der Waals surface area contributed by atoms with Gasteiger partial charge in [-0.15, -0.1) is 0 Å². The SMILES string of the molecule is CN(C)c1ccc([C@@H]2[C@H]3C(=O)NC(=O)[C@@H]3ON2c2ccc(Cl)cc2)cc1. The van der Waals surface area contributed by atoms with Crippen molar-refractivity contribution in [1.29, 1.82) is 0 Å². The van der Waals surface area contributed by atoms with Crippen LogP contribution >= 0.6 is 11.6 Å². The molecule has 2 saturated heterocycles. The van der Waals surface area contributed by atoms with E-state index in [-0.39, 0.29) is 5.91 Å². The predicted octanol–water partition coefficient (Wildman–Crippen LogP) is 2.54. The highest BCUT2D eigenvalue weighted by molar-refractivity contribution is 6.30. The summed E-state index contributed by atoms with van der Waals surface area (Å²) in [4.78, 5) is 32.4. The fraction of sp³-hybridized carbons (Fsp3) is 0.263. The maximum atomic E-state index is 12.4. The minimum absolute atomic E-state index is 0.307. The van der Waals surface area contributed by atoms with Crippen molar-refractivity contribution in [2.24, 2.45) is 5.92 Å². The number of amides is 2. The summed E-state index contributed by atoms with van der Waals surface area (Å²) in [7, 11) is 3.93. The Hall–Kier alpha value is -2.57. The lowest BCUT2D eigenvalue weighted by atomic mass is 9.90. The van der Waals surface area contributed by atoms with Gasteiger partial charge in [0, 0.05) is 24.8 Å². The molecule has 6 nitrogen and oxygen atoms in total. The Bertz CT molecular complexity index is 851. The van der Waals surface area contributed by atoms with Crippen LogP contribution in [0.4, 0.5) is 11.4 Å². The van der Waals surface area contributed by atoms with Crippen LogP contribution in [0.3, 0.4) is 0 Å². The summed E-state index contributed by atoms with van der Waals surface area (Å²) in [5.41, 5.74) is 2.70. The van der Waals surface area contributed by atoms with E-state index in [0.29, 0.717) is 5.02 Å². The summed E-state index contributed by atoms with van der Waals surface area (Å²) < 4.78 is 0. The lowest BCUT2D eigenvalue weighted by Gasteiger charge is -2.27. The Morgan fingerprint density at radius 2 is 1.65 bits per heavy atom. The zero-order valence-corrected chi connectivity index (χ0v) is 15.1. The highest BCUT2D eigenvalue weighted by Crippen LogP contribution is 2.44. The van der Waals surface area contributed by atoms with Crippen LogP contribution in [0.1, 0.15) is 11.6 Å². The number of benzene rings is 2. The summed E-state index contributed by atoms with van der Waals surface area (Å²) in [5.74, 6) is -1.30. The fourth-order valence-electron chi connectivity index (χ4n) is 3.45. The molecule has 1 N–H and O–H groups in total. The summed E-state index contributed by atoms with van der Waals surface area (Å²) in [6.45, 7) is 0. The van der Waals surface area contributed by atoms with E-state index in [4.69, 9.17) is 16.4 Å². The van der Waals surface area contributed by atoms with Crippen molar-refractivity contribution in [1.82, 2.24) is 5.32 Å². The predicted molar refractivity (Wildman–Crippen MR) is 99.0 cm³/mol. The maximum Gasteiger partial charge on any atom is 0.259 e. The first-order valence-electron chi connectivity index (χ1n) is 8.29. The Morgan fingerprint density at radius 1 is 1.00 bits per heavy atom. The minimum atomic E-state index is -0.822. The lowest BCUT2D eigenvalue weighted by molar-refractivity contribution is -0.129. The fourth-order valence-corrected chi connectivity index (χ4v) is 3.58. The third kappa shape index (κ3) is 2.71. The monoisotopic (exact) mass is 371 g/mol. The number of fused-ring (bicyclic) bond motifs is 1. The second-order valence-electron chi connectivity index (χ2n) is 6.64. The van der Waals surface area contributed by atoms with E-state index >= 15 is 0 Å². The van der Waals surface area contributed by atoms with Gasteiger partial charge in [0.05, 0.1) is 11.7 Å². The molecule has 134 valence electrons. The second-order valence-corrected chi connectivity index (χ2v) is 7.07. The number of anilines is 2. The van der Waals surface area contributed by atoms with Gasteiger partial charge >= 0.3 is 0 Å². The quantitative estimate of drug-likeness (QED) is 0.840. The van der Waals surface area contributed by atoms with Crippen molar-refractivity contribution >= 4 is 34.8 Å². The average molecular weight is 372 g/mol. The molecule has 0 radical (unpaired) electrons. The number of hydrogen-bond acceptors (Lipinski definition) is 5. The van der Waals surface area contributed by atoms with Crippen LogP contribution in [-0.4, -0.2) is 32.0 Å². The van der Waals surface area contributed by atoms with Gasteiger partial charge in [0.1, 0.15) is 5.92 Å². The average Bonchev–Trinajstić information content (AvgIpc) is 3.14. The van der Waals surface area contributed by atoms with Gasteiger partial charge in [0.25, 0.3) is 5.91 Å². The molecule has 7 heteroatoms. The number of carbonyl (C=O) groups is 2. The Morgan fingerprint density at radius 3 is 2.27 bits per heavy atom. The van der Waals surface area contributed by atoms with Gasteiger partial charge in [-0.25, -0.2) is 5.06 Å².